The van der Waals surface area contributed by atoms with Crippen molar-refractivity contribution in [3.8, 4) is 0 Å². The third kappa shape index (κ3) is 3.35. The fourth-order valence-corrected chi connectivity index (χ4v) is 2.12. The number of carboxylic acids is 1. The maximum absolute atomic E-state index is 11.4. The van der Waals surface area contributed by atoms with E-state index in [1.165, 1.54) is 0 Å². The van der Waals surface area contributed by atoms with Crippen LogP contribution in [-0.2, 0) is 9.53 Å². The zero-order chi connectivity index (χ0) is 13.4. The average Bonchev–Trinajstić information content (AvgIpc) is 2.61. The molecular formula is C12H21NO4. The third-order valence-electron chi connectivity index (χ3n) is 3.18. The lowest BCUT2D eigenvalue weighted by Crippen LogP contribution is -2.34. The molecule has 17 heavy (non-hydrogen) atoms. The van der Waals surface area contributed by atoms with E-state index in [9.17, 15) is 9.59 Å². The molecule has 0 aromatic rings. The van der Waals surface area contributed by atoms with Crippen LogP contribution < -0.4 is 5.32 Å². The van der Waals surface area contributed by atoms with E-state index in [1.807, 2.05) is 13.8 Å². The molecule has 0 spiro atoms. The minimum absolute atomic E-state index is 0.0208. The zero-order valence-electron chi connectivity index (χ0n) is 11.0. The van der Waals surface area contributed by atoms with Gasteiger partial charge in [-0.1, -0.05) is 13.8 Å². The number of aliphatic carboxylic acids is 1. The van der Waals surface area contributed by atoms with E-state index < -0.39 is 17.7 Å². The Morgan fingerprint density at radius 2 is 1.88 bits per heavy atom. The molecule has 0 radical (unpaired) electrons. The highest BCUT2D eigenvalue weighted by atomic mass is 16.6. The summed E-state index contributed by atoms with van der Waals surface area (Å²) in [5.41, 5.74) is -0.782. The van der Waals surface area contributed by atoms with Crippen molar-refractivity contribution in [3.05, 3.63) is 0 Å². The van der Waals surface area contributed by atoms with Crippen molar-refractivity contribution < 1.29 is 19.4 Å². The molecule has 0 aromatic heterocycles. The number of rotatable bonds is 3. The predicted octanol–water partition coefficient (Wildman–Crippen LogP) is 1.87. The molecule has 0 unspecified atom stereocenters. The van der Waals surface area contributed by atoms with Crippen LogP contribution in [0.1, 0.15) is 34.6 Å². The SMILES string of the molecule is CC(C)(C)OC(=O)NC[C@@H]1[C@H](C(=O)O)C1(C)C. The normalized spacial score (nSPS) is 26.2. The minimum atomic E-state index is -0.800. The van der Waals surface area contributed by atoms with Gasteiger partial charge in [-0.25, -0.2) is 4.79 Å². The van der Waals surface area contributed by atoms with Crippen LogP contribution >= 0.6 is 0 Å². The summed E-state index contributed by atoms with van der Waals surface area (Å²) in [7, 11) is 0. The number of ether oxygens (including phenoxy) is 1. The molecule has 1 aliphatic carbocycles. The summed E-state index contributed by atoms with van der Waals surface area (Å²) in [6.07, 6.45) is -0.496. The molecule has 5 heteroatoms. The van der Waals surface area contributed by atoms with Crippen LogP contribution in [0.4, 0.5) is 4.79 Å². The molecule has 2 N–H and O–H groups in total. The van der Waals surface area contributed by atoms with Gasteiger partial charge in [-0.3, -0.25) is 4.79 Å². The van der Waals surface area contributed by atoms with Gasteiger partial charge >= 0.3 is 12.1 Å². The van der Waals surface area contributed by atoms with Crippen molar-refractivity contribution in [1.29, 1.82) is 0 Å². The first kappa shape index (κ1) is 13.8. The monoisotopic (exact) mass is 243 g/mol. The van der Waals surface area contributed by atoms with Crippen molar-refractivity contribution in [2.45, 2.75) is 40.2 Å². The number of carboxylic acid groups (broad SMARTS) is 1. The molecule has 1 amide bonds. The summed E-state index contributed by atoms with van der Waals surface area (Å²) in [6.45, 7) is 9.49. The molecule has 0 saturated heterocycles. The highest BCUT2D eigenvalue weighted by molar-refractivity contribution is 5.76. The van der Waals surface area contributed by atoms with E-state index in [0.717, 1.165) is 0 Å². The molecule has 0 aliphatic heterocycles. The molecule has 2 atom stereocenters. The van der Waals surface area contributed by atoms with Gasteiger partial charge in [0.1, 0.15) is 5.60 Å². The predicted molar refractivity (Wildman–Crippen MR) is 62.6 cm³/mol. The van der Waals surface area contributed by atoms with Gasteiger partial charge in [-0.15, -0.1) is 0 Å². The van der Waals surface area contributed by atoms with Crippen LogP contribution in [0.25, 0.3) is 0 Å². The molecule has 0 aromatic carbocycles. The summed E-state index contributed by atoms with van der Waals surface area (Å²) in [4.78, 5) is 22.3. The van der Waals surface area contributed by atoms with E-state index >= 15 is 0 Å². The Bertz CT molecular complexity index is 330. The second-order valence-corrected chi connectivity index (χ2v) is 6.13. The first-order valence-electron chi connectivity index (χ1n) is 5.75. The van der Waals surface area contributed by atoms with Crippen LogP contribution in [0, 0.1) is 17.3 Å². The summed E-state index contributed by atoms with van der Waals surface area (Å²) < 4.78 is 5.08. The molecule has 1 saturated carbocycles. The molecule has 1 rings (SSSR count). The third-order valence-corrected chi connectivity index (χ3v) is 3.18. The zero-order valence-corrected chi connectivity index (χ0v) is 11.0. The largest absolute Gasteiger partial charge is 0.481 e. The first-order valence-corrected chi connectivity index (χ1v) is 5.75. The second-order valence-electron chi connectivity index (χ2n) is 6.13. The smallest absolute Gasteiger partial charge is 0.407 e. The first-order chi connectivity index (χ1) is 7.55. The van der Waals surface area contributed by atoms with Gasteiger partial charge in [0.2, 0.25) is 0 Å². The molecule has 1 aliphatic rings. The lowest BCUT2D eigenvalue weighted by molar-refractivity contribution is -0.139. The van der Waals surface area contributed by atoms with E-state index in [0.29, 0.717) is 6.54 Å². The molecule has 0 bridgehead atoms. The number of hydrogen-bond donors (Lipinski definition) is 2. The van der Waals surface area contributed by atoms with Crippen molar-refractivity contribution in [2.75, 3.05) is 6.54 Å². The van der Waals surface area contributed by atoms with E-state index in [4.69, 9.17) is 9.84 Å². The topological polar surface area (TPSA) is 75.6 Å². The fourth-order valence-electron chi connectivity index (χ4n) is 2.12. The molecule has 0 heterocycles. The lowest BCUT2D eigenvalue weighted by atomic mass is 10.1. The van der Waals surface area contributed by atoms with Gasteiger partial charge in [-0.2, -0.15) is 0 Å². The van der Waals surface area contributed by atoms with Crippen molar-refractivity contribution in [3.63, 3.8) is 0 Å². The number of carbonyl (C=O) groups is 2. The van der Waals surface area contributed by atoms with E-state index in [-0.39, 0.29) is 17.3 Å². The van der Waals surface area contributed by atoms with Gasteiger partial charge in [0.05, 0.1) is 5.92 Å². The Labute approximate surface area is 102 Å². The number of amides is 1. The van der Waals surface area contributed by atoms with Crippen LogP contribution in [0.15, 0.2) is 0 Å². The van der Waals surface area contributed by atoms with Crippen molar-refractivity contribution >= 4 is 12.1 Å². The van der Waals surface area contributed by atoms with Gasteiger partial charge in [0.15, 0.2) is 0 Å². The molecular weight excluding hydrogens is 222 g/mol. The van der Waals surface area contributed by atoms with E-state index in [1.54, 1.807) is 20.8 Å². The summed E-state index contributed by atoms with van der Waals surface area (Å²) in [5.74, 6) is -1.20. The highest BCUT2D eigenvalue weighted by Gasteiger charge is 2.61. The van der Waals surface area contributed by atoms with E-state index in [2.05, 4.69) is 5.32 Å². The second kappa shape index (κ2) is 4.20. The quantitative estimate of drug-likeness (QED) is 0.793. The van der Waals surface area contributed by atoms with Crippen LogP contribution in [0.3, 0.4) is 0 Å². The van der Waals surface area contributed by atoms with Crippen LogP contribution in [0.2, 0.25) is 0 Å². The number of hydrogen-bond acceptors (Lipinski definition) is 3. The van der Waals surface area contributed by atoms with Crippen molar-refractivity contribution in [1.82, 2.24) is 5.32 Å². The standard InChI is InChI=1S/C12H21NO4/c1-11(2,3)17-10(16)13-6-7-8(9(14)15)12(7,4)5/h7-8H,6H2,1-5H3,(H,13,16)(H,14,15)/t7-,8-/m1/s1. The van der Waals surface area contributed by atoms with Crippen molar-refractivity contribution in [2.24, 2.45) is 17.3 Å². The Balaban J connectivity index is 2.39. The Morgan fingerprint density at radius 3 is 2.24 bits per heavy atom. The summed E-state index contributed by atoms with van der Waals surface area (Å²) in [5, 5.41) is 11.6. The summed E-state index contributed by atoms with van der Waals surface area (Å²) >= 11 is 0. The van der Waals surface area contributed by atoms with Crippen LogP contribution in [0.5, 0.6) is 0 Å². The number of nitrogens with one attached hydrogen (secondary N) is 1. The van der Waals surface area contributed by atoms with Gasteiger partial charge in [-0.05, 0) is 32.1 Å². The highest BCUT2D eigenvalue weighted by Crippen LogP contribution is 2.57. The fraction of sp³-hybridized carbons (Fsp3) is 0.833. The Hall–Kier alpha value is -1.26. The average molecular weight is 243 g/mol. The van der Waals surface area contributed by atoms with Gasteiger partial charge in [0.25, 0.3) is 0 Å². The van der Waals surface area contributed by atoms with Crippen LogP contribution in [-0.4, -0.2) is 29.3 Å². The molecule has 98 valence electrons. The maximum Gasteiger partial charge on any atom is 0.407 e. The molecule has 5 nitrogen and oxygen atoms in total. The lowest BCUT2D eigenvalue weighted by Gasteiger charge is -2.19. The van der Waals surface area contributed by atoms with Gasteiger partial charge < -0.3 is 15.2 Å². The minimum Gasteiger partial charge on any atom is -0.481 e. The Morgan fingerprint density at radius 1 is 1.35 bits per heavy atom. The van der Waals surface area contributed by atoms with Gasteiger partial charge in [0, 0.05) is 6.54 Å². The maximum atomic E-state index is 11.4. The number of carbonyl (C=O) groups excluding carboxylic acids is 1. The summed E-state index contributed by atoms with van der Waals surface area (Å²) in [6, 6.07) is 0. The molecule has 1 fully saturated rings. The Kier molecular flexibility index (Phi) is 3.41. The number of alkyl carbamates (subject to hydrolysis) is 1.